The highest BCUT2D eigenvalue weighted by atomic mass is 32.1. The minimum absolute atomic E-state index is 0.826. The second-order valence-corrected chi connectivity index (χ2v) is 5.45. The molecule has 0 fully saturated rings. The van der Waals surface area contributed by atoms with Crippen LogP contribution in [0.1, 0.15) is 5.76 Å². The lowest BCUT2D eigenvalue weighted by molar-refractivity contribution is 0.602. The van der Waals surface area contributed by atoms with Crippen LogP contribution in [0.15, 0.2) is 51.2 Å². The van der Waals surface area contributed by atoms with Gasteiger partial charge in [0.2, 0.25) is 0 Å². The van der Waals surface area contributed by atoms with Crippen LogP contribution in [0.5, 0.6) is 0 Å². The van der Waals surface area contributed by atoms with E-state index in [1.54, 1.807) is 11.3 Å². The summed E-state index contributed by atoms with van der Waals surface area (Å²) in [4.78, 5) is 5.67. The maximum atomic E-state index is 5.83. The number of furan rings is 1. The number of hydrogen-bond acceptors (Lipinski definition) is 4. The Labute approximate surface area is 114 Å². The molecule has 4 heteroatoms. The maximum absolute atomic E-state index is 5.83. The third-order valence-corrected chi connectivity index (χ3v) is 4.15. The van der Waals surface area contributed by atoms with Gasteiger partial charge in [-0.15, -0.1) is 11.3 Å². The summed E-state index contributed by atoms with van der Waals surface area (Å²) in [6.45, 7) is 1.72. The Balaban J connectivity index is 1.81. The first-order valence-electron chi connectivity index (χ1n) is 6.26. The van der Waals surface area contributed by atoms with Gasteiger partial charge in [-0.25, -0.2) is 0 Å². The highest BCUT2D eigenvalue weighted by Gasteiger charge is 2.13. The molecule has 1 aliphatic rings. The van der Waals surface area contributed by atoms with Gasteiger partial charge in [0.25, 0.3) is 0 Å². The van der Waals surface area contributed by atoms with E-state index in [2.05, 4.69) is 46.0 Å². The largest absolute Gasteiger partial charge is 0.453 e. The number of rotatable bonds is 2. The van der Waals surface area contributed by atoms with Crippen molar-refractivity contribution < 1.29 is 4.42 Å². The van der Waals surface area contributed by atoms with Crippen molar-refractivity contribution in [2.75, 3.05) is 13.1 Å². The van der Waals surface area contributed by atoms with Crippen molar-refractivity contribution in [3.63, 3.8) is 0 Å². The van der Waals surface area contributed by atoms with Crippen molar-refractivity contribution in [2.45, 2.75) is 0 Å². The Morgan fingerprint density at radius 3 is 3.00 bits per heavy atom. The van der Waals surface area contributed by atoms with E-state index >= 15 is 0 Å². The normalized spacial score (nSPS) is 14.6. The zero-order valence-corrected chi connectivity index (χ0v) is 11.0. The van der Waals surface area contributed by atoms with Crippen molar-refractivity contribution in [3.8, 4) is 10.4 Å². The van der Waals surface area contributed by atoms with Crippen molar-refractivity contribution in [3.05, 3.63) is 47.5 Å². The second kappa shape index (κ2) is 4.24. The van der Waals surface area contributed by atoms with Crippen molar-refractivity contribution in [1.29, 1.82) is 0 Å². The summed E-state index contributed by atoms with van der Waals surface area (Å²) in [5.74, 6) is 1.70. The van der Waals surface area contributed by atoms with Crippen LogP contribution in [0.25, 0.3) is 21.4 Å². The van der Waals surface area contributed by atoms with Gasteiger partial charge >= 0.3 is 0 Å². The fourth-order valence-corrected chi connectivity index (χ4v) is 3.04. The minimum atomic E-state index is 0.826. The molecular formula is C15H12N2OS. The van der Waals surface area contributed by atoms with Crippen molar-refractivity contribution in [1.82, 2.24) is 5.32 Å². The van der Waals surface area contributed by atoms with E-state index in [0.29, 0.717) is 0 Å². The number of hydrogen-bond donors (Lipinski definition) is 1. The van der Waals surface area contributed by atoms with E-state index in [1.807, 2.05) is 6.07 Å². The first kappa shape index (κ1) is 10.8. The lowest BCUT2D eigenvalue weighted by Crippen LogP contribution is -2.18. The summed E-state index contributed by atoms with van der Waals surface area (Å²) < 4.78 is 5.83. The van der Waals surface area contributed by atoms with Gasteiger partial charge in [0.1, 0.15) is 5.58 Å². The lowest BCUT2D eigenvalue weighted by atomic mass is 10.1. The zero-order valence-electron chi connectivity index (χ0n) is 10.2. The second-order valence-electron chi connectivity index (χ2n) is 4.50. The molecule has 0 atom stereocenters. The summed E-state index contributed by atoms with van der Waals surface area (Å²) in [6, 6.07) is 12.6. The van der Waals surface area contributed by atoms with E-state index in [1.165, 1.54) is 10.4 Å². The molecule has 0 unspecified atom stereocenters. The average molecular weight is 268 g/mol. The Bertz CT molecular complexity index is 756. The standard InChI is InChI=1S/C15H12N2OS/c1-2-14(19-7-1)10-3-4-12-11(8-10)9-13(18-12)15-16-5-6-17-15/h1-4,7-9H,5-6H2,(H,16,17). The lowest BCUT2D eigenvalue weighted by Gasteiger charge is -1.96. The number of amidine groups is 1. The molecule has 3 heterocycles. The van der Waals surface area contributed by atoms with Gasteiger partial charge in [-0.2, -0.15) is 0 Å². The third kappa shape index (κ3) is 1.85. The molecule has 2 aromatic heterocycles. The van der Waals surface area contributed by atoms with Gasteiger partial charge in [-0.1, -0.05) is 6.07 Å². The number of nitrogens with zero attached hydrogens (tertiary/aromatic N) is 1. The molecule has 1 aliphatic heterocycles. The molecule has 0 amide bonds. The predicted octanol–water partition coefficient (Wildman–Crippen LogP) is 3.51. The van der Waals surface area contributed by atoms with E-state index in [-0.39, 0.29) is 0 Å². The first-order valence-corrected chi connectivity index (χ1v) is 7.14. The van der Waals surface area contributed by atoms with Gasteiger partial charge in [-0.05, 0) is 41.3 Å². The Kier molecular flexibility index (Phi) is 2.42. The predicted molar refractivity (Wildman–Crippen MR) is 78.9 cm³/mol. The topological polar surface area (TPSA) is 37.5 Å². The van der Waals surface area contributed by atoms with Crippen LogP contribution in [-0.2, 0) is 0 Å². The van der Waals surface area contributed by atoms with E-state index < -0.39 is 0 Å². The van der Waals surface area contributed by atoms with Crippen LogP contribution in [-0.4, -0.2) is 18.9 Å². The minimum Gasteiger partial charge on any atom is -0.453 e. The molecule has 3 aromatic rings. The molecule has 0 saturated heterocycles. The molecule has 1 N–H and O–H groups in total. The summed E-state index contributed by atoms with van der Waals surface area (Å²) in [5.41, 5.74) is 2.14. The molecule has 0 radical (unpaired) electrons. The van der Waals surface area contributed by atoms with Gasteiger partial charge in [-0.3, -0.25) is 4.99 Å². The number of thiophene rings is 1. The van der Waals surface area contributed by atoms with Gasteiger partial charge < -0.3 is 9.73 Å². The molecule has 3 nitrogen and oxygen atoms in total. The molecule has 0 bridgehead atoms. The fourth-order valence-electron chi connectivity index (χ4n) is 2.32. The Morgan fingerprint density at radius 2 is 2.21 bits per heavy atom. The SMILES string of the molecule is c1csc(-c2ccc3oc(C4=NCCN4)cc3c2)c1. The van der Waals surface area contributed by atoms with Crippen LogP contribution in [0.3, 0.4) is 0 Å². The molecule has 1 aromatic carbocycles. The third-order valence-electron chi connectivity index (χ3n) is 3.23. The quantitative estimate of drug-likeness (QED) is 0.772. The number of fused-ring (bicyclic) bond motifs is 1. The smallest absolute Gasteiger partial charge is 0.170 e. The summed E-state index contributed by atoms with van der Waals surface area (Å²) in [6.07, 6.45) is 0. The highest BCUT2D eigenvalue weighted by molar-refractivity contribution is 7.13. The highest BCUT2D eigenvalue weighted by Crippen LogP contribution is 2.29. The van der Waals surface area contributed by atoms with Crippen LogP contribution < -0.4 is 5.32 Å². The van der Waals surface area contributed by atoms with E-state index in [9.17, 15) is 0 Å². The molecule has 19 heavy (non-hydrogen) atoms. The van der Waals surface area contributed by atoms with Crippen LogP contribution in [0, 0.1) is 0 Å². The number of nitrogens with one attached hydrogen (secondary N) is 1. The zero-order chi connectivity index (χ0) is 12.7. The molecule has 94 valence electrons. The fraction of sp³-hybridized carbons (Fsp3) is 0.133. The monoisotopic (exact) mass is 268 g/mol. The Morgan fingerprint density at radius 1 is 1.21 bits per heavy atom. The first-order chi connectivity index (χ1) is 9.40. The average Bonchev–Trinajstić information content (AvgIpc) is 3.18. The molecule has 0 saturated carbocycles. The Hall–Kier alpha value is -2.07. The van der Waals surface area contributed by atoms with Crippen LogP contribution in [0.4, 0.5) is 0 Å². The molecule has 4 rings (SSSR count). The van der Waals surface area contributed by atoms with E-state index in [4.69, 9.17) is 4.42 Å². The molecule has 0 aliphatic carbocycles. The number of aliphatic imine (C=N–C) groups is 1. The van der Waals surface area contributed by atoms with Gasteiger partial charge in [0.15, 0.2) is 11.6 Å². The molecular weight excluding hydrogens is 256 g/mol. The van der Waals surface area contributed by atoms with Gasteiger partial charge in [0.05, 0.1) is 6.54 Å². The summed E-state index contributed by atoms with van der Waals surface area (Å²) in [7, 11) is 0. The maximum Gasteiger partial charge on any atom is 0.170 e. The van der Waals surface area contributed by atoms with Crippen LogP contribution >= 0.6 is 11.3 Å². The van der Waals surface area contributed by atoms with Crippen LogP contribution in [0.2, 0.25) is 0 Å². The van der Waals surface area contributed by atoms with Crippen molar-refractivity contribution >= 4 is 28.1 Å². The summed E-state index contributed by atoms with van der Waals surface area (Å²) in [5, 5.41) is 6.45. The van der Waals surface area contributed by atoms with Crippen molar-refractivity contribution in [2.24, 2.45) is 4.99 Å². The van der Waals surface area contributed by atoms with Gasteiger partial charge in [0, 0.05) is 16.8 Å². The summed E-state index contributed by atoms with van der Waals surface area (Å²) >= 11 is 1.75. The van der Waals surface area contributed by atoms with E-state index in [0.717, 1.165) is 35.7 Å². The molecule has 0 spiro atoms. The number of benzene rings is 1.